The molecule has 0 radical (unpaired) electrons. The fourth-order valence-electron chi connectivity index (χ4n) is 3.38. The zero-order valence-corrected chi connectivity index (χ0v) is 17.0. The Morgan fingerprint density at radius 3 is 2.46 bits per heavy atom. The molecule has 4 atom stereocenters. The fraction of sp³-hybridized carbons (Fsp3) is 0.571. The number of rotatable bonds is 7. The average molecular weight is 390 g/mol. The molecule has 1 aromatic carbocycles. The molecule has 2 N–H and O–H groups in total. The molecule has 2 amide bonds. The summed E-state index contributed by atoms with van der Waals surface area (Å²) in [6.45, 7) is 5.56. The van der Waals surface area contributed by atoms with Gasteiger partial charge >= 0.3 is 5.97 Å². The van der Waals surface area contributed by atoms with Crippen molar-refractivity contribution in [2.75, 3.05) is 13.7 Å². The molecule has 7 heteroatoms. The molecule has 7 nitrogen and oxygen atoms in total. The Hall–Kier alpha value is -2.57. The van der Waals surface area contributed by atoms with Gasteiger partial charge in [-0.1, -0.05) is 26.7 Å². The van der Waals surface area contributed by atoms with Crippen molar-refractivity contribution in [3.63, 3.8) is 0 Å². The third kappa shape index (κ3) is 5.97. The van der Waals surface area contributed by atoms with Gasteiger partial charge in [-0.3, -0.25) is 14.4 Å². The highest BCUT2D eigenvalue weighted by molar-refractivity contribution is 5.96. The van der Waals surface area contributed by atoms with E-state index in [-0.39, 0.29) is 18.5 Å². The van der Waals surface area contributed by atoms with Crippen LogP contribution in [-0.4, -0.2) is 43.6 Å². The predicted octanol–water partition coefficient (Wildman–Crippen LogP) is 2.30. The number of benzene rings is 1. The van der Waals surface area contributed by atoms with Crippen LogP contribution in [0.4, 0.5) is 0 Å². The third-order valence-corrected chi connectivity index (χ3v) is 5.46. The van der Waals surface area contributed by atoms with Crippen LogP contribution in [0.2, 0.25) is 0 Å². The Kier molecular flexibility index (Phi) is 7.84. The highest BCUT2D eigenvalue weighted by Gasteiger charge is 2.30. The average Bonchev–Trinajstić information content (AvgIpc) is 2.69. The van der Waals surface area contributed by atoms with E-state index in [2.05, 4.69) is 24.5 Å². The summed E-state index contributed by atoms with van der Waals surface area (Å²) in [5.74, 6) is 0.226. The number of carbonyl (C=O) groups is 3. The summed E-state index contributed by atoms with van der Waals surface area (Å²) in [5.41, 5.74) is 0.403. The molecule has 1 aliphatic carbocycles. The van der Waals surface area contributed by atoms with Crippen LogP contribution >= 0.6 is 0 Å². The smallest absolute Gasteiger partial charge is 0.326 e. The Morgan fingerprint density at radius 2 is 1.82 bits per heavy atom. The number of carbonyl (C=O) groups excluding carboxylic acids is 3. The van der Waals surface area contributed by atoms with Gasteiger partial charge in [-0.15, -0.1) is 0 Å². The number of esters is 1. The molecule has 0 spiro atoms. The molecule has 1 aliphatic rings. The van der Waals surface area contributed by atoms with Gasteiger partial charge in [-0.25, -0.2) is 0 Å². The lowest BCUT2D eigenvalue weighted by Crippen LogP contribution is -2.48. The van der Waals surface area contributed by atoms with E-state index >= 15 is 0 Å². The molecule has 28 heavy (non-hydrogen) atoms. The van der Waals surface area contributed by atoms with Crippen molar-refractivity contribution >= 4 is 17.8 Å². The van der Waals surface area contributed by atoms with E-state index in [9.17, 15) is 14.4 Å². The van der Waals surface area contributed by atoms with Gasteiger partial charge in [0, 0.05) is 11.6 Å². The minimum atomic E-state index is -0.908. The van der Waals surface area contributed by atoms with Gasteiger partial charge in [-0.2, -0.15) is 0 Å². The van der Waals surface area contributed by atoms with Crippen LogP contribution < -0.4 is 15.4 Å². The van der Waals surface area contributed by atoms with Gasteiger partial charge < -0.3 is 20.1 Å². The van der Waals surface area contributed by atoms with Crippen molar-refractivity contribution in [1.29, 1.82) is 0 Å². The summed E-state index contributed by atoms with van der Waals surface area (Å²) in [4.78, 5) is 36.4. The summed E-state index contributed by atoms with van der Waals surface area (Å²) in [6, 6.07) is 6.62. The van der Waals surface area contributed by atoms with Crippen LogP contribution in [0, 0.1) is 11.8 Å². The maximum atomic E-state index is 12.3. The molecule has 0 aliphatic heterocycles. The summed E-state index contributed by atoms with van der Waals surface area (Å²) >= 11 is 0. The van der Waals surface area contributed by atoms with E-state index in [0.29, 0.717) is 23.1 Å². The minimum Gasteiger partial charge on any atom is -0.497 e. The van der Waals surface area contributed by atoms with Crippen molar-refractivity contribution in [3.05, 3.63) is 29.8 Å². The standard InChI is InChI=1S/C21H30N2O5/c1-13-6-5-7-18(14(13)2)23-20(25)15(3)28-19(24)12-22-21(26)16-8-10-17(27-4)11-9-16/h8-11,13-15,18H,5-7,12H2,1-4H3,(H,22,26)(H,23,25)/t13-,14-,15-,18-/m1/s1. The van der Waals surface area contributed by atoms with Crippen molar-refractivity contribution in [3.8, 4) is 5.75 Å². The van der Waals surface area contributed by atoms with E-state index in [4.69, 9.17) is 9.47 Å². The quantitative estimate of drug-likeness (QED) is 0.697. The number of hydrogen-bond acceptors (Lipinski definition) is 5. The lowest BCUT2D eigenvalue weighted by molar-refractivity contribution is -0.154. The highest BCUT2D eigenvalue weighted by Crippen LogP contribution is 2.29. The first-order valence-electron chi connectivity index (χ1n) is 9.74. The van der Waals surface area contributed by atoms with Crippen molar-refractivity contribution in [2.45, 2.75) is 52.2 Å². The normalized spacial score (nSPS) is 22.6. The second-order valence-corrected chi connectivity index (χ2v) is 7.43. The summed E-state index contributed by atoms with van der Waals surface area (Å²) in [6.07, 6.45) is 2.29. The van der Waals surface area contributed by atoms with Gasteiger partial charge in [0.1, 0.15) is 12.3 Å². The largest absolute Gasteiger partial charge is 0.497 e. The first-order chi connectivity index (χ1) is 13.3. The molecule has 0 bridgehead atoms. The molecular weight excluding hydrogens is 360 g/mol. The van der Waals surface area contributed by atoms with Gasteiger partial charge in [0.25, 0.3) is 11.8 Å². The molecule has 1 aromatic rings. The molecule has 0 unspecified atom stereocenters. The van der Waals surface area contributed by atoms with E-state index in [1.54, 1.807) is 24.3 Å². The van der Waals surface area contributed by atoms with E-state index in [1.165, 1.54) is 20.5 Å². The molecule has 0 heterocycles. The Morgan fingerprint density at radius 1 is 1.14 bits per heavy atom. The Labute approximate surface area is 166 Å². The number of hydrogen-bond donors (Lipinski definition) is 2. The molecule has 0 saturated heterocycles. The second-order valence-electron chi connectivity index (χ2n) is 7.43. The summed E-state index contributed by atoms with van der Waals surface area (Å²) in [5, 5.41) is 5.48. The van der Waals surface area contributed by atoms with Crippen molar-refractivity contribution in [1.82, 2.24) is 10.6 Å². The summed E-state index contributed by atoms with van der Waals surface area (Å²) < 4.78 is 10.2. The lowest BCUT2D eigenvalue weighted by Gasteiger charge is -2.35. The molecule has 0 aromatic heterocycles. The van der Waals surface area contributed by atoms with Gasteiger partial charge in [-0.05, 0) is 49.4 Å². The number of nitrogens with one attached hydrogen (secondary N) is 2. The topological polar surface area (TPSA) is 93.7 Å². The zero-order valence-electron chi connectivity index (χ0n) is 17.0. The van der Waals surface area contributed by atoms with Crippen LogP contribution in [0.15, 0.2) is 24.3 Å². The molecule has 154 valence electrons. The SMILES string of the molecule is COc1ccc(C(=O)NCC(=O)O[C@H](C)C(=O)N[C@@H]2CCC[C@@H](C)[C@H]2C)cc1. The maximum absolute atomic E-state index is 12.3. The van der Waals surface area contributed by atoms with Crippen LogP contribution in [0.3, 0.4) is 0 Å². The van der Waals surface area contributed by atoms with E-state index in [1.807, 2.05) is 0 Å². The highest BCUT2D eigenvalue weighted by atomic mass is 16.5. The maximum Gasteiger partial charge on any atom is 0.326 e. The van der Waals surface area contributed by atoms with Crippen LogP contribution in [0.1, 0.15) is 50.4 Å². The number of ether oxygens (including phenoxy) is 2. The second kappa shape index (κ2) is 10.1. The lowest BCUT2D eigenvalue weighted by atomic mass is 9.78. The van der Waals surface area contributed by atoms with Crippen LogP contribution in [0.25, 0.3) is 0 Å². The van der Waals surface area contributed by atoms with Gasteiger partial charge in [0.15, 0.2) is 6.10 Å². The first kappa shape index (κ1) is 21.7. The monoisotopic (exact) mass is 390 g/mol. The van der Waals surface area contributed by atoms with E-state index < -0.39 is 18.0 Å². The van der Waals surface area contributed by atoms with Crippen LogP contribution in [0.5, 0.6) is 5.75 Å². The van der Waals surface area contributed by atoms with Crippen LogP contribution in [-0.2, 0) is 14.3 Å². The summed E-state index contributed by atoms with van der Waals surface area (Å²) in [7, 11) is 1.54. The number of methoxy groups -OCH3 is 1. The van der Waals surface area contributed by atoms with Gasteiger partial charge in [0.2, 0.25) is 0 Å². The first-order valence-corrected chi connectivity index (χ1v) is 9.74. The van der Waals surface area contributed by atoms with Crippen molar-refractivity contribution in [2.24, 2.45) is 11.8 Å². The number of amides is 2. The van der Waals surface area contributed by atoms with Gasteiger partial charge in [0.05, 0.1) is 7.11 Å². The van der Waals surface area contributed by atoms with Crippen molar-refractivity contribution < 1.29 is 23.9 Å². The van der Waals surface area contributed by atoms with E-state index in [0.717, 1.165) is 12.8 Å². The zero-order chi connectivity index (χ0) is 20.7. The minimum absolute atomic E-state index is 0.104. The Bertz CT molecular complexity index is 689. The fourth-order valence-corrected chi connectivity index (χ4v) is 3.38. The predicted molar refractivity (Wildman–Crippen MR) is 105 cm³/mol. The molecule has 1 fully saturated rings. The molecular formula is C21H30N2O5. The molecule has 2 rings (SSSR count). The third-order valence-electron chi connectivity index (χ3n) is 5.46. The Balaban J connectivity index is 1.76. The molecule has 1 saturated carbocycles.